The van der Waals surface area contributed by atoms with Crippen molar-refractivity contribution in [2.75, 3.05) is 13.2 Å². The summed E-state index contributed by atoms with van der Waals surface area (Å²) in [6.07, 6.45) is 1.81. The van der Waals surface area contributed by atoms with Crippen molar-refractivity contribution < 1.29 is 19.0 Å². The molecule has 7 nitrogen and oxygen atoms in total. The van der Waals surface area contributed by atoms with Crippen molar-refractivity contribution in [2.45, 2.75) is 46.3 Å². The Morgan fingerprint density at radius 1 is 0.920 bits per heavy atom. The number of rotatable bonds is 11. The van der Waals surface area contributed by atoms with Crippen LogP contribution in [0.3, 0.4) is 0 Å². The van der Waals surface area contributed by atoms with Crippen LogP contribution in [-0.4, -0.2) is 23.8 Å². The lowest BCUT2D eigenvalue weighted by atomic mass is 9.91. The molecule has 1 aromatic heterocycles. The second-order valence-corrected chi connectivity index (χ2v) is 13.8. The Morgan fingerprint density at radius 3 is 2.36 bits per heavy atom. The molecule has 0 radical (unpaired) electrons. The van der Waals surface area contributed by atoms with Crippen molar-refractivity contribution in [2.24, 2.45) is 4.99 Å². The molecule has 50 heavy (non-hydrogen) atoms. The summed E-state index contributed by atoms with van der Waals surface area (Å²) < 4.78 is 19.7. The first-order chi connectivity index (χ1) is 24.2. The lowest BCUT2D eigenvalue weighted by Crippen LogP contribution is -2.40. The molecule has 0 amide bonds. The van der Waals surface area contributed by atoms with E-state index in [-0.39, 0.29) is 18.8 Å². The van der Waals surface area contributed by atoms with Crippen molar-refractivity contribution in [3.05, 3.63) is 154 Å². The molecule has 0 spiro atoms. The Hall–Kier alpha value is -4.63. The fourth-order valence-electron chi connectivity index (χ4n) is 5.77. The van der Waals surface area contributed by atoms with E-state index < -0.39 is 12.0 Å². The van der Waals surface area contributed by atoms with Crippen molar-refractivity contribution in [1.29, 1.82) is 0 Å². The molecule has 0 bridgehead atoms. The highest BCUT2D eigenvalue weighted by Crippen LogP contribution is 2.36. The minimum Gasteiger partial charge on any atom is -0.490 e. The SMILES string of the molecule is CCOC(=O)C1=C(c2ccccc2)N=c2s/c(=C\c3ccc(OCc4ccc(Cl)cc4Cl)c(OCC)c3)c(=O)n2[C@@H]1c1ccc(C(C)C)cc1. The number of carbonyl (C=O) groups is 1. The Labute approximate surface area is 304 Å². The Bertz CT molecular complexity index is 2240. The zero-order chi connectivity index (χ0) is 35.4. The van der Waals surface area contributed by atoms with E-state index in [0.29, 0.717) is 54.7 Å². The van der Waals surface area contributed by atoms with Crippen LogP contribution >= 0.6 is 34.5 Å². The van der Waals surface area contributed by atoms with Gasteiger partial charge in [0.1, 0.15) is 6.61 Å². The molecule has 0 aliphatic carbocycles. The van der Waals surface area contributed by atoms with E-state index in [2.05, 4.69) is 13.8 Å². The van der Waals surface area contributed by atoms with Gasteiger partial charge in [-0.1, -0.05) is 115 Å². The maximum Gasteiger partial charge on any atom is 0.338 e. The number of aromatic nitrogens is 1. The van der Waals surface area contributed by atoms with Gasteiger partial charge in [-0.15, -0.1) is 0 Å². The monoisotopic (exact) mass is 726 g/mol. The molecule has 1 aliphatic heterocycles. The molecule has 0 fully saturated rings. The lowest BCUT2D eigenvalue weighted by molar-refractivity contribution is -0.138. The summed E-state index contributed by atoms with van der Waals surface area (Å²) >= 11 is 13.7. The number of halogens is 2. The number of hydrogen-bond acceptors (Lipinski definition) is 7. The van der Waals surface area contributed by atoms with Gasteiger partial charge in [-0.25, -0.2) is 9.79 Å². The average molecular weight is 728 g/mol. The third-order valence-electron chi connectivity index (χ3n) is 8.26. The summed E-state index contributed by atoms with van der Waals surface area (Å²) in [5.41, 5.74) is 4.75. The van der Waals surface area contributed by atoms with Crippen LogP contribution in [0.5, 0.6) is 11.5 Å². The van der Waals surface area contributed by atoms with Crippen LogP contribution in [0.1, 0.15) is 67.5 Å². The first kappa shape index (κ1) is 35.2. The van der Waals surface area contributed by atoms with Gasteiger partial charge >= 0.3 is 5.97 Å². The largest absolute Gasteiger partial charge is 0.490 e. The quantitative estimate of drug-likeness (QED) is 0.128. The van der Waals surface area contributed by atoms with Gasteiger partial charge in [-0.2, -0.15) is 0 Å². The normalized spacial score (nSPS) is 14.4. The zero-order valence-electron chi connectivity index (χ0n) is 28.1. The first-order valence-corrected chi connectivity index (χ1v) is 18.0. The highest BCUT2D eigenvalue weighted by Gasteiger charge is 2.35. The van der Waals surface area contributed by atoms with E-state index >= 15 is 0 Å². The van der Waals surface area contributed by atoms with E-state index in [4.69, 9.17) is 42.4 Å². The van der Waals surface area contributed by atoms with Gasteiger partial charge in [-0.3, -0.25) is 9.36 Å². The Kier molecular flexibility index (Phi) is 10.9. The molecule has 0 N–H and O–H groups in total. The van der Waals surface area contributed by atoms with Crippen LogP contribution in [0.4, 0.5) is 0 Å². The van der Waals surface area contributed by atoms with Gasteiger partial charge in [0, 0.05) is 21.2 Å². The van der Waals surface area contributed by atoms with Gasteiger partial charge in [-0.05, 0) is 66.8 Å². The number of ether oxygens (including phenoxy) is 3. The first-order valence-electron chi connectivity index (χ1n) is 16.4. The van der Waals surface area contributed by atoms with Crippen LogP contribution < -0.4 is 24.4 Å². The molecule has 256 valence electrons. The number of thiazole rings is 1. The number of nitrogens with zero attached hydrogens (tertiary/aromatic N) is 2. The van der Waals surface area contributed by atoms with E-state index in [1.54, 1.807) is 29.7 Å². The molecule has 6 rings (SSSR count). The van der Waals surface area contributed by atoms with Crippen LogP contribution in [0.2, 0.25) is 10.0 Å². The Balaban J connectivity index is 1.47. The predicted molar refractivity (Wildman–Crippen MR) is 200 cm³/mol. The molecule has 2 heterocycles. The van der Waals surface area contributed by atoms with Crippen LogP contribution in [0.25, 0.3) is 11.8 Å². The van der Waals surface area contributed by atoms with Gasteiger partial charge in [0.25, 0.3) is 5.56 Å². The summed E-state index contributed by atoms with van der Waals surface area (Å²) in [4.78, 5) is 33.6. The molecule has 0 saturated carbocycles. The highest BCUT2D eigenvalue weighted by atomic mass is 35.5. The lowest BCUT2D eigenvalue weighted by Gasteiger charge is -2.26. The fourth-order valence-corrected chi connectivity index (χ4v) is 7.23. The van der Waals surface area contributed by atoms with Gasteiger partial charge < -0.3 is 14.2 Å². The summed E-state index contributed by atoms with van der Waals surface area (Å²) in [6, 6.07) is 27.6. The molecular formula is C40H36Cl2N2O5S. The third kappa shape index (κ3) is 7.43. The minimum absolute atomic E-state index is 0.183. The number of benzene rings is 4. The van der Waals surface area contributed by atoms with Crippen LogP contribution in [0.15, 0.2) is 106 Å². The number of fused-ring (bicyclic) bond motifs is 1. The topological polar surface area (TPSA) is 79.1 Å². The smallest absolute Gasteiger partial charge is 0.338 e. The zero-order valence-corrected chi connectivity index (χ0v) is 30.4. The summed E-state index contributed by atoms with van der Waals surface area (Å²) in [5, 5.41) is 1.06. The van der Waals surface area contributed by atoms with Crippen molar-refractivity contribution in [1.82, 2.24) is 4.57 Å². The molecular weight excluding hydrogens is 691 g/mol. The molecule has 0 saturated heterocycles. The van der Waals surface area contributed by atoms with E-state index in [1.165, 1.54) is 11.3 Å². The molecule has 4 aromatic carbocycles. The van der Waals surface area contributed by atoms with Gasteiger partial charge in [0.2, 0.25) is 0 Å². The summed E-state index contributed by atoms with van der Waals surface area (Å²) in [6.45, 7) is 8.73. The third-order valence-corrected chi connectivity index (χ3v) is 9.83. The maximum absolute atomic E-state index is 14.4. The van der Waals surface area contributed by atoms with Crippen molar-refractivity contribution >= 4 is 52.3 Å². The number of hydrogen-bond donors (Lipinski definition) is 0. The molecule has 0 unspecified atom stereocenters. The number of carbonyl (C=O) groups excluding carboxylic acids is 1. The van der Waals surface area contributed by atoms with Crippen molar-refractivity contribution in [3.8, 4) is 11.5 Å². The summed E-state index contributed by atoms with van der Waals surface area (Å²) in [7, 11) is 0. The number of esters is 1. The molecule has 10 heteroatoms. The second kappa shape index (κ2) is 15.5. The van der Waals surface area contributed by atoms with Gasteiger partial charge in [0.15, 0.2) is 16.3 Å². The molecule has 5 aromatic rings. The van der Waals surface area contributed by atoms with Gasteiger partial charge in [0.05, 0.1) is 35.1 Å². The maximum atomic E-state index is 14.4. The van der Waals surface area contributed by atoms with Crippen molar-refractivity contribution in [3.63, 3.8) is 0 Å². The average Bonchev–Trinajstić information content (AvgIpc) is 3.42. The van der Waals surface area contributed by atoms with Crippen LogP contribution in [-0.2, 0) is 16.1 Å². The predicted octanol–water partition coefficient (Wildman–Crippen LogP) is 8.34. The second-order valence-electron chi connectivity index (χ2n) is 11.9. The minimum atomic E-state index is -0.752. The van der Waals surface area contributed by atoms with Crippen LogP contribution in [0, 0.1) is 0 Å². The molecule has 1 atom stereocenters. The van der Waals surface area contributed by atoms with E-state index in [0.717, 1.165) is 27.8 Å². The highest BCUT2D eigenvalue weighted by molar-refractivity contribution is 7.07. The standard InChI is InChI=1S/C40H36Cl2N2O5S/c1-5-47-33-20-25(12-19-32(33)49-23-29-17-18-30(41)22-31(29)42)21-34-38(45)44-37(28-15-13-26(14-16-28)24(3)4)35(39(46)48-6-2)36(43-40(44)50-34)27-10-8-7-9-11-27/h7-22,24,37H,5-6,23H2,1-4H3/b34-21-/t37-/m1/s1. The summed E-state index contributed by atoms with van der Waals surface area (Å²) in [5.74, 6) is 0.866. The van der Waals surface area contributed by atoms with E-state index in [1.807, 2.05) is 85.8 Å². The Morgan fingerprint density at radius 2 is 1.68 bits per heavy atom. The van der Waals surface area contributed by atoms with E-state index in [9.17, 15) is 9.59 Å². The molecule has 1 aliphatic rings. The fraction of sp³-hybridized carbons (Fsp3) is 0.225.